The van der Waals surface area contributed by atoms with Gasteiger partial charge in [-0.15, -0.1) is 0 Å². The van der Waals surface area contributed by atoms with Gasteiger partial charge in [0.25, 0.3) is 0 Å². The van der Waals surface area contributed by atoms with Gasteiger partial charge in [0.1, 0.15) is 0 Å². The van der Waals surface area contributed by atoms with E-state index in [0.29, 0.717) is 0 Å². The molecule has 3 heteroatoms. The maximum Gasteiger partial charge on any atom is 0.155 e. The van der Waals surface area contributed by atoms with Crippen LogP contribution in [0.3, 0.4) is 0 Å². The van der Waals surface area contributed by atoms with Crippen LogP contribution in [0, 0.1) is 0 Å². The Bertz CT molecular complexity index is 61.1. The third-order valence-corrected chi connectivity index (χ3v) is 1.96. The topological polar surface area (TPSA) is 18.5 Å². The van der Waals surface area contributed by atoms with Crippen LogP contribution in [0.4, 0.5) is 0 Å². The molecule has 0 aromatic rings. The van der Waals surface area contributed by atoms with Crippen molar-refractivity contribution in [2.24, 2.45) is 0 Å². The summed E-state index contributed by atoms with van der Waals surface area (Å²) in [6, 6.07) is 0. The second kappa shape index (κ2) is 10.3. The van der Waals surface area contributed by atoms with Gasteiger partial charge in [-0.05, 0) is 12.8 Å². The minimum absolute atomic E-state index is 0.252. The third kappa shape index (κ3) is 10.4. The molecule has 0 radical (unpaired) electrons. The van der Waals surface area contributed by atoms with Crippen molar-refractivity contribution in [3.05, 3.63) is 0 Å². The number of rotatable bonds is 8. The smallest absolute Gasteiger partial charge is 0.155 e. The van der Waals surface area contributed by atoms with E-state index in [9.17, 15) is 0 Å². The first kappa shape index (κ1) is 11.4. The lowest BCUT2D eigenvalue weighted by Crippen LogP contribution is -1.87. The zero-order chi connectivity index (χ0) is 8.36. The minimum Gasteiger partial charge on any atom is -0.336 e. The molecule has 0 aromatic carbocycles. The summed E-state index contributed by atoms with van der Waals surface area (Å²) in [7, 11) is 0.252. The van der Waals surface area contributed by atoms with E-state index in [1.54, 1.807) is 0 Å². The van der Waals surface area contributed by atoms with Gasteiger partial charge in [0.2, 0.25) is 0 Å². The van der Waals surface area contributed by atoms with Gasteiger partial charge in [-0.25, -0.2) is 0 Å². The molecule has 11 heavy (non-hydrogen) atoms. The Morgan fingerprint density at radius 3 is 1.73 bits per heavy atom. The summed E-state index contributed by atoms with van der Waals surface area (Å²) in [6.07, 6.45) is 4.67. The predicted molar refractivity (Wildman–Crippen MR) is 50.0 cm³/mol. The first-order valence-corrected chi connectivity index (χ1v) is 5.22. The molecule has 0 saturated heterocycles. The normalized spacial score (nSPS) is 10.4. The second-order valence-electron chi connectivity index (χ2n) is 2.49. The quantitative estimate of drug-likeness (QED) is 0.420. The van der Waals surface area contributed by atoms with Gasteiger partial charge < -0.3 is 9.05 Å². The van der Waals surface area contributed by atoms with Gasteiger partial charge in [0.15, 0.2) is 9.03 Å². The van der Waals surface area contributed by atoms with Crippen molar-refractivity contribution in [1.29, 1.82) is 0 Å². The fourth-order valence-electron chi connectivity index (χ4n) is 0.558. The highest BCUT2D eigenvalue weighted by atomic mass is 31.1. The van der Waals surface area contributed by atoms with Crippen molar-refractivity contribution in [3.8, 4) is 0 Å². The average molecular weight is 178 g/mol. The number of unbranched alkanes of at least 4 members (excludes halogenated alkanes) is 2. The highest BCUT2D eigenvalue weighted by Crippen LogP contribution is 2.14. The van der Waals surface area contributed by atoms with Crippen LogP contribution in [0.1, 0.15) is 39.5 Å². The van der Waals surface area contributed by atoms with Crippen molar-refractivity contribution in [2.45, 2.75) is 39.5 Å². The van der Waals surface area contributed by atoms with E-state index in [1.165, 1.54) is 12.8 Å². The summed E-state index contributed by atoms with van der Waals surface area (Å²) in [4.78, 5) is 0. The molecule has 0 aliphatic heterocycles. The van der Waals surface area contributed by atoms with Gasteiger partial charge >= 0.3 is 0 Å². The van der Waals surface area contributed by atoms with Crippen molar-refractivity contribution in [1.82, 2.24) is 0 Å². The fraction of sp³-hybridized carbons (Fsp3) is 1.00. The van der Waals surface area contributed by atoms with E-state index in [4.69, 9.17) is 9.05 Å². The Morgan fingerprint density at radius 2 is 1.36 bits per heavy atom. The summed E-state index contributed by atoms with van der Waals surface area (Å²) < 4.78 is 10.5. The molecule has 0 fully saturated rings. The molecular formula is C8H19O2P. The minimum atomic E-state index is 0.252. The molecule has 0 aliphatic carbocycles. The lowest BCUT2D eigenvalue weighted by atomic mass is 10.4. The fourth-order valence-corrected chi connectivity index (χ4v) is 1.10. The van der Waals surface area contributed by atoms with E-state index in [-0.39, 0.29) is 9.03 Å². The van der Waals surface area contributed by atoms with Crippen LogP contribution in [0.25, 0.3) is 0 Å². The number of hydrogen-bond acceptors (Lipinski definition) is 2. The van der Waals surface area contributed by atoms with E-state index in [2.05, 4.69) is 13.8 Å². The lowest BCUT2D eigenvalue weighted by molar-refractivity contribution is 0.260. The summed E-state index contributed by atoms with van der Waals surface area (Å²) in [5.74, 6) is 0. The summed E-state index contributed by atoms with van der Waals surface area (Å²) in [5, 5.41) is 0. The molecule has 0 bridgehead atoms. The Balaban J connectivity index is 2.69. The summed E-state index contributed by atoms with van der Waals surface area (Å²) in [5.41, 5.74) is 0. The van der Waals surface area contributed by atoms with Crippen molar-refractivity contribution < 1.29 is 9.05 Å². The van der Waals surface area contributed by atoms with E-state index < -0.39 is 0 Å². The monoisotopic (exact) mass is 178 g/mol. The number of hydrogen-bond donors (Lipinski definition) is 0. The van der Waals surface area contributed by atoms with Crippen molar-refractivity contribution in [3.63, 3.8) is 0 Å². The SMILES string of the molecule is CCCCOPOCCCC. The molecule has 0 heterocycles. The first-order valence-electron chi connectivity index (χ1n) is 4.40. The third-order valence-electron chi connectivity index (χ3n) is 1.32. The molecule has 0 saturated carbocycles. The molecule has 0 unspecified atom stereocenters. The van der Waals surface area contributed by atoms with Gasteiger partial charge in [-0.2, -0.15) is 0 Å². The van der Waals surface area contributed by atoms with Gasteiger partial charge in [-0.1, -0.05) is 26.7 Å². The highest BCUT2D eigenvalue weighted by molar-refractivity contribution is 7.26. The molecular weight excluding hydrogens is 159 g/mol. The van der Waals surface area contributed by atoms with Gasteiger partial charge in [-0.3, -0.25) is 0 Å². The Kier molecular flexibility index (Phi) is 10.7. The molecule has 0 spiro atoms. The summed E-state index contributed by atoms with van der Waals surface area (Å²) in [6.45, 7) is 6.01. The lowest BCUT2D eigenvalue weighted by Gasteiger charge is -2.02. The van der Waals surface area contributed by atoms with Crippen LogP contribution in [0.2, 0.25) is 0 Å². The molecule has 0 aliphatic rings. The Morgan fingerprint density at radius 1 is 0.909 bits per heavy atom. The van der Waals surface area contributed by atoms with Crippen LogP contribution in [0.15, 0.2) is 0 Å². The standard InChI is InChI=1S/C8H19O2P/c1-3-5-7-9-11-10-8-6-4-2/h11H,3-8H2,1-2H3. The highest BCUT2D eigenvalue weighted by Gasteiger charge is 1.87. The molecule has 0 amide bonds. The average Bonchev–Trinajstić information content (AvgIpc) is 2.03. The van der Waals surface area contributed by atoms with E-state index >= 15 is 0 Å². The molecule has 0 rings (SSSR count). The zero-order valence-electron chi connectivity index (χ0n) is 7.56. The molecule has 0 N–H and O–H groups in total. The van der Waals surface area contributed by atoms with Crippen molar-refractivity contribution in [2.75, 3.05) is 13.2 Å². The summed E-state index contributed by atoms with van der Waals surface area (Å²) >= 11 is 0. The predicted octanol–water partition coefficient (Wildman–Crippen LogP) is 3.13. The van der Waals surface area contributed by atoms with Crippen LogP contribution in [-0.4, -0.2) is 13.2 Å². The van der Waals surface area contributed by atoms with Crippen LogP contribution in [-0.2, 0) is 9.05 Å². The maximum atomic E-state index is 5.23. The van der Waals surface area contributed by atoms with Gasteiger partial charge in [0, 0.05) is 0 Å². The molecule has 68 valence electrons. The van der Waals surface area contributed by atoms with Crippen LogP contribution >= 0.6 is 9.03 Å². The van der Waals surface area contributed by atoms with Crippen LogP contribution < -0.4 is 0 Å². The molecule has 2 nitrogen and oxygen atoms in total. The molecule has 0 atom stereocenters. The Labute approximate surface area is 71.6 Å². The second-order valence-corrected chi connectivity index (χ2v) is 3.23. The van der Waals surface area contributed by atoms with Crippen LogP contribution in [0.5, 0.6) is 0 Å². The Hall–Kier alpha value is 0.350. The van der Waals surface area contributed by atoms with Crippen molar-refractivity contribution >= 4 is 9.03 Å². The zero-order valence-corrected chi connectivity index (χ0v) is 8.56. The first-order chi connectivity index (χ1) is 5.41. The van der Waals surface area contributed by atoms with E-state index in [1.807, 2.05) is 0 Å². The largest absolute Gasteiger partial charge is 0.336 e. The maximum absolute atomic E-state index is 5.23. The molecule has 0 aromatic heterocycles. The van der Waals surface area contributed by atoms with Gasteiger partial charge in [0.05, 0.1) is 13.2 Å². The van der Waals surface area contributed by atoms with E-state index in [0.717, 1.165) is 26.1 Å².